The Bertz CT molecular complexity index is 612. The average molecular weight is 322 g/mol. The van der Waals surface area contributed by atoms with Crippen molar-refractivity contribution in [3.05, 3.63) is 38.9 Å². The Labute approximate surface area is 123 Å². The molecule has 3 nitrogen and oxygen atoms in total. The Kier molecular flexibility index (Phi) is 4.19. The maximum absolute atomic E-state index is 12.5. The van der Waals surface area contributed by atoms with E-state index in [1.165, 1.54) is 11.3 Å². The van der Waals surface area contributed by atoms with Gasteiger partial charge >= 0.3 is 6.18 Å². The number of nitrogens with zero attached hydrogens (tertiary/aromatic N) is 3. The number of halogens is 4. The molecule has 108 valence electrons. The summed E-state index contributed by atoms with van der Waals surface area (Å²) in [6.45, 7) is 2.32. The van der Waals surface area contributed by atoms with E-state index in [0.29, 0.717) is 12.4 Å². The highest BCUT2D eigenvalue weighted by atomic mass is 35.5. The average Bonchev–Trinajstić information content (AvgIpc) is 2.73. The van der Waals surface area contributed by atoms with Crippen LogP contribution in [0.1, 0.15) is 16.3 Å². The van der Waals surface area contributed by atoms with E-state index < -0.39 is 11.7 Å². The zero-order chi connectivity index (χ0) is 14.9. The van der Waals surface area contributed by atoms with E-state index in [4.69, 9.17) is 11.6 Å². The summed E-state index contributed by atoms with van der Waals surface area (Å²) in [4.78, 5) is 9.75. The maximum Gasteiger partial charge on any atom is 0.417 e. The summed E-state index contributed by atoms with van der Waals surface area (Å²) in [5.41, 5.74) is 0.0506. The van der Waals surface area contributed by atoms with Gasteiger partial charge in [-0.15, -0.1) is 11.3 Å². The van der Waals surface area contributed by atoms with Gasteiger partial charge in [-0.1, -0.05) is 11.6 Å². The lowest BCUT2D eigenvalue weighted by molar-refractivity contribution is -0.137. The van der Waals surface area contributed by atoms with Gasteiger partial charge in [0.05, 0.1) is 17.1 Å². The van der Waals surface area contributed by atoms with E-state index in [1.54, 1.807) is 11.9 Å². The van der Waals surface area contributed by atoms with Gasteiger partial charge in [-0.25, -0.2) is 9.97 Å². The maximum atomic E-state index is 12.5. The van der Waals surface area contributed by atoms with Crippen molar-refractivity contribution in [3.8, 4) is 0 Å². The molecule has 0 N–H and O–H groups in total. The molecular formula is C12H11ClF3N3S. The molecule has 0 unspecified atom stereocenters. The fourth-order valence-corrected chi connectivity index (χ4v) is 2.75. The van der Waals surface area contributed by atoms with E-state index in [-0.39, 0.29) is 5.02 Å². The fourth-order valence-electron chi connectivity index (χ4n) is 1.62. The topological polar surface area (TPSA) is 29.0 Å². The Hall–Kier alpha value is -1.34. The molecule has 0 atom stereocenters. The van der Waals surface area contributed by atoms with Crippen LogP contribution >= 0.6 is 22.9 Å². The second-order valence-corrected chi connectivity index (χ2v) is 5.62. The first-order valence-corrected chi connectivity index (χ1v) is 6.88. The van der Waals surface area contributed by atoms with Crippen molar-refractivity contribution >= 4 is 28.8 Å². The van der Waals surface area contributed by atoms with Crippen molar-refractivity contribution in [2.75, 3.05) is 11.9 Å². The van der Waals surface area contributed by atoms with Gasteiger partial charge < -0.3 is 4.90 Å². The predicted molar refractivity (Wildman–Crippen MR) is 73.2 cm³/mol. The second-order valence-electron chi connectivity index (χ2n) is 4.27. The summed E-state index contributed by atoms with van der Waals surface area (Å²) in [5.74, 6) is 0.299. The number of aromatic nitrogens is 2. The van der Waals surface area contributed by atoms with Crippen molar-refractivity contribution < 1.29 is 13.2 Å². The van der Waals surface area contributed by atoms with Crippen LogP contribution in [0.4, 0.5) is 19.0 Å². The molecule has 0 aliphatic carbocycles. The highest BCUT2D eigenvalue weighted by Gasteiger charge is 2.31. The smallest absolute Gasteiger partial charge is 0.352 e. The number of pyridine rings is 1. The molecule has 0 aromatic carbocycles. The number of hydrogen-bond acceptors (Lipinski definition) is 4. The van der Waals surface area contributed by atoms with Crippen LogP contribution < -0.4 is 4.90 Å². The molecule has 2 heterocycles. The monoisotopic (exact) mass is 321 g/mol. The van der Waals surface area contributed by atoms with E-state index in [9.17, 15) is 13.2 Å². The fraction of sp³-hybridized carbons (Fsp3) is 0.333. The molecule has 0 bridgehead atoms. The van der Waals surface area contributed by atoms with E-state index in [0.717, 1.165) is 23.0 Å². The van der Waals surface area contributed by atoms with Crippen LogP contribution in [0.5, 0.6) is 0 Å². The number of hydrogen-bond donors (Lipinski definition) is 0. The number of alkyl halides is 3. The molecule has 8 heteroatoms. The number of anilines is 1. The summed E-state index contributed by atoms with van der Waals surface area (Å²) in [6.07, 6.45) is -3.66. The summed E-state index contributed by atoms with van der Waals surface area (Å²) in [7, 11) is 1.71. The summed E-state index contributed by atoms with van der Waals surface area (Å²) < 4.78 is 37.6. The summed E-state index contributed by atoms with van der Waals surface area (Å²) in [5, 5.41) is 2.73. The van der Waals surface area contributed by atoms with Gasteiger partial charge in [0, 0.05) is 24.3 Å². The first-order chi connectivity index (χ1) is 9.27. The van der Waals surface area contributed by atoms with E-state index in [1.807, 2.05) is 12.3 Å². The van der Waals surface area contributed by atoms with Crippen LogP contribution in [-0.2, 0) is 12.7 Å². The summed E-state index contributed by atoms with van der Waals surface area (Å²) in [6, 6.07) is 0.882. The third-order valence-electron chi connectivity index (χ3n) is 2.55. The van der Waals surface area contributed by atoms with Crippen LogP contribution in [0.25, 0.3) is 0 Å². The van der Waals surface area contributed by atoms with Crippen molar-refractivity contribution in [3.63, 3.8) is 0 Å². The quantitative estimate of drug-likeness (QED) is 0.850. The first-order valence-electron chi connectivity index (χ1n) is 5.62. The molecule has 2 aromatic heterocycles. The Morgan fingerprint density at radius 3 is 2.60 bits per heavy atom. The van der Waals surface area contributed by atoms with Crippen LogP contribution in [0.3, 0.4) is 0 Å². The molecule has 0 aliphatic rings. The van der Waals surface area contributed by atoms with E-state index in [2.05, 4.69) is 9.97 Å². The minimum atomic E-state index is -4.44. The van der Waals surface area contributed by atoms with Crippen molar-refractivity contribution in [2.24, 2.45) is 0 Å². The van der Waals surface area contributed by atoms with Gasteiger partial charge in [-0.05, 0) is 13.0 Å². The van der Waals surface area contributed by atoms with Crippen LogP contribution in [0.15, 0.2) is 17.6 Å². The molecule has 0 spiro atoms. The Morgan fingerprint density at radius 2 is 2.10 bits per heavy atom. The SMILES string of the molecule is Cc1csc(CN(C)c2ncc(C(F)(F)F)cc2Cl)n1. The van der Waals surface area contributed by atoms with Crippen molar-refractivity contribution in [1.29, 1.82) is 0 Å². The van der Waals surface area contributed by atoms with Crippen molar-refractivity contribution in [2.45, 2.75) is 19.6 Å². The third-order valence-corrected chi connectivity index (χ3v) is 3.78. The van der Waals surface area contributed by atoms with Gasteiger partial charge in [-0.2, -0.15) is 13.2 Å². The molecule has 0 fully saturated rings. The third kappa shape index (κ3) is 3.40. The van der Waals surface area contributed by atoms with Crippen LogP contribution in [0, 0.1) is 6.92 Å². The molecule has 0 saturated heterocycles. The predicted octanol–water partition coefficient (Wildman–Crippen LogP) is 4.16. The number of rotatable bonds is 3. The molecular weight excluding hydrogens is 311 g/mol. The van der Waals surface area contributed by atoms with Gasteiger partial charge in [0.15, 0.2) is 0 Å². The van der Waals surface area contributed by atoms with Gasteiger partial charge in [0.25, 0.3) is 0 Å². The zero-order valence-electron chi connectivity index (χ0n) is 10.7. The second kappa shape index (κ2) is 5.57. The normalized spacial score (nSPS) is 11.7. The molecule has 0 saturated carbocycles. The lowest BCUT2D eigenvalue weighted by atomic mass is 10.2. The van der Waals surface area contributed by atoms with E-state index >= 15 is 0 Å². The van der Waals surface area contributed by atoms with Gasteiger partial charge in [0.2, 0.25) is 0 Å². The van der Waals surface area contributed by atoms with Crippen molar-refractivity contribution in [1.82, 2.24) is 9.97 Å². The molecule has 0 amide bonds. The molecule has 20 heavy (non-hydrogen) atoms. The highest BCUT2D eigenvalue weighted by Crippen LogP contribution is 2.33. The first kappa shape index (κ1) is 15.1. The minimum Gasteiger partial charge on any atom is -0.352 e. The molecule has 0 radical (unpaired) electrons. The Morgan fingerprint density at radius 1 is 1.40 bits per heavy atom. The largest absolute Gasteiger partial charge is 0.417 e. The van der Waals surface area contributed by atoms with Crippen LogP contribution in [-0.4, -0.2) is 17.0 Å². The summed E-state index contributed by atoms with van der Waals surface area (Å²) >= 11 is 7.36. The number of thiazole rings is 1. The minimum absolute atomic E-state index is 0.0318. The standard InChI is InChI=1S/C12H11ClF3N3S/c1-7-6-20-10(18-7)5-19(2)11-9(13)3-8(4-17-11)12(14,15)16/h3-4,6H,5H2,1-2H3. The molecule has 2 rings (SSSR count). The lowest BCUT2D eigenvalue weighted by Crippen LogP contribution is -2.18. The zero-order valence-corrected chi connectivity index (χ0v) is 12.3. The molecule has 0 aliphatic heterocycles. The van der Waals surface area contributed by atoms with Gasteiger partial charge in [0.1, 0.15) is 10.8 Å². The molecule has 2 aromatic rings. The van der Waals surface area contributed by atoms with Crippen LogP contribution in [0.2, 0.25) is 5.02 Å². The lowest BCUT2D eigenvalue weighted by Gasteiger charge is -2.18. The highest BCUT2D eigenvalue weighted by molar-refractivity contribution is 7.09. The Balaban J connectivity index is 2.20. The van der Waals surface area contributed by atoms with Gasteiger partial charge in [-0.3, -0.25) is 0 Å². The number of aryl methyl sites for hydroxylation is 1.